The number of rotatable bonds is 2. The van der Waals surface area contributed by atoms with E-state index in [1.165, 1.54) is 17.2 Å². The van der Waals surface area contributed by atoms with Crippen molar-refractivity contribution in [3.63, 3.8) is 0 Å². The van der Waals surface area contributed by atoms with Crippen LogP contribution in [0.2, 0.25) is 0 Å². The fourth-order valence-corrected chi connectivity index (χ4v) is 3.00. The smallest absolute Gasteiger partial charge is 0.283 e. The first-order valence-corrected chi connectivity index (χ1v) is 7.97. The summed E-state index contributed by atoms with van der Waals surface area (Å²) in [4.78, 5) is 41.6. The molecule has 2 aromatic rings. The molecule has 1 amide bonds. The number of hydrogen-bond acceptors (Lipinski definition) is 5. The lowest BCUT2D eigenvalue weighted by atomic mass is 10.1. The van der Waals surface area contributed by atoms with E-state index in [1.807, 2.05) is 0 Å². The third-order valence-electron chi connectivity index (χ3n) is 4.37. The highest BCUT2D eigenvalue weighted by atomic mass is 16.2. The van der Waals surface area contributed by atoms with Gasteiger partial charge in [0.25, 0.3) is 5.91 Å². The maximum Gasteiger partial charge on any atom is 0.283 e. The van der Waals surface area contributed by atoms with Gasteiger partial charge in [-0.25, -0.2) is 4.98 Å². The van der Waals surface area contributed by atoms with E-state index >= 15 is 0 Å². The summed E-state index contributed by atoms with van der Waals surface area (Å²) in [7, 11) is 1.76. The van der Waals surface area contributed by atoms with Gasteiger partial charge in [0.2, 0.25) is 5.95 Å². The van der Waals surface area contributed by atoms with Crippen LogP contribution in [-0.2, 0) is 11.8 Å². The lowest BCUT2D eigenvalue weighted by molar-refractivity contribution is -0.114. The number of ketones is 2. The monoisotopic (exact) mass is 346 g/mol. The predicted octanol–water partition coefficient (Wildman–Crippen LogP) is 2.07. The molecule has 0 fully saturated rings. The molecular formula is C19H14N4O3. The summed E-state index contributed by atoms with van der Waals surface area (Å²) < 4.78 is 1.68. The molecule has 0 N–H and O–H groups in total. The number of carbonyl (C=O) groups excluding carboxylic acids is 3. The molecule has 26 heavy (non-hydrogen) atoms. The lowest BCUT2D eigenvalue weighted by Crippen LogP contribution is -2.24. The number of carbonyl (C=O) groups is 3. The summed E-state index contributed by atoms with van der Waals surface area (Å²) >= 11 is 0. The molecule has 2 aliphatic rings. The minimum absolute atomic E-state index is 0.0507. The first kappa shape index (κ1) is 15.9. The number of Topliss-reactive ketones (excluding diaryl/α,β-unsaturated/α-hetero) is 2. The molecule has 1 aromatic carbocycles. The predicted molar refractivity (Wildman–Crippen MR) is 95.1 cm³/mol. The van der Waals surface area contributed by atoms with Gasteiger partial charge in [-0.05, 0) is 19.1 Å². The molecule has 2 heterocycles. The molecule has 0 unspecified atom stereocenters. The molecule has 0 saturated carbocycles. The summed E-state index contributed by atoms with van der Waals surface area (Å²) in [5, 5.41) is 5.43. The maximum absolute atomic E-state index is 12.6. The fourth-order valence-electron chi connectivity index (χ4n) is 3.00. The summed E-state index contributed by atoms with van der Waals surface area (Å²) in [6.07, 6.45) is 6.16. The van der Waals surface area contributed by atoms with Crippen LogP contribution in [0.25, 0.3) is 0 Å². The van der Waals surface area contributed by atoms with Crippen LogP contribution in [0.3, 0.4) is 0 Å². The molecule has 0 saturated heterocycles. The third kappa shape index (κ3) is 2.25. The molecule has 1 aromatic heterocycles. The van der Waals surface area contributed by atoms with Gasteiger partial charge in [-0.3, -0.25) is 14.4 Å². The summed E-state index contributed by atoms with van der Waals surface area (Å²) in [6.45, 7) is 1.69. The number of nitrogens with zero attached hydrogens (tertiary/aromatic N) is 4. The minimum atomic E-state index is -0.357. The summed E-state index contributed by atoms with van der Waals surface area (Å²) in [5.74, 6) is -0.623. The van der Waals surface area contributed by atoms with Crippen LogP contribution in [0, 0.1) is 0 Å². The number of hydrogen-bond donors (Lipinski definition) is 0. The zero-order chi connectivity index (χ0) is 18.4. The molecule has 0 atom stereocenters. The average molecular weight is 346 g/mol. The molecule has 1 aliphatic heterocycles. The number of aromatic nitrogens is 2. The number of allylic oxidation sites excluding steroid dienone is 3. The normalized spacial score (nSPS) is 18.0. The SMILES string of the molecule is CC1=NN(c2nccn2C)C(=O)C1=CC=C1C(=O)c2ccccc2C1=O. The quantitative estimate of drug-likeness (QED) is 0.615. The van der Waals surface area contributed by atoms with Crippen LogP contribution in [0.15, 0.2) is 65.1 Å². The van der Waals surface area contributed by atoms with Crippen LogP contribution < -0.4 is 5.01 Å². The Morgan fingerprint density at radius 3 is 2.15 bits per heavy atom. The van der Waals surface area contributed by atoms with Crippen LogP contribution in [0.1, 0.15) is 27.6 Å². The third-order valence-corrected chi connectivity index (χ3v) is 4.37. The average Bonchev–Trinajstić information content (AvgIpc) is 3.25. The number of aryl methyl sites for hydroxylation is 1. The van der Waals surface area contributed by atoms with Gasteiger partial charge in [-0.1, -0.05) is 24.3 Å². The van der Waals surface area contributed by atoms with Gasteiger partial charge in [0.15, 0.2) is 11.6 Å². The van der Waals surface area contributed by atoms with Crippen molar-refractivity contribution >= 4 is 29.1 Å². The highest BCUT2D eigenvalue weighted by Crippen LogP contribution is 2.27. The molecule has 1 aliphatic carbocycles. The van der Waals surface area contributed by atoms with E-state index in [-0.39, 0.29) is 23.0 Å². The summed E-state index contributed by atoms with van der Waals surface area (Å²) in [6, 6.07) is 6.68. The van der Waals surface area contributed by atoms with Crippen molar-refractivity contribution in [1.82, 2.24) is 9.55 Å². The van der Waals surface area contributed by atoms with Crippen LogP contribution in [-0.4, -0.2) is 32.7 Å². The highest BCUT2D eigenvalue weighted by Gasteiger charge is 2.33. The molecular weight excluding hydrogens is 332 g/mol. The first-order valence-electron chi connectivity index (χ1n) is 7.97. The Labute approximate surface area is 148 Å². The number of hydrazone groups is 1. The van der Waals surface area contributed by atoms with Crippen LogP contribution in [0.5, 0.6) is 0 Å². The van der Waals surface area contributed by atoms with Gasteiger partial charge in [-0.15, -0.1) is 0 Å². The van der Waals surface area contributed by atoms with Gasteiger partial charge in [0, 0.05) is 30.6 Å². The second-order valence-electron chi connectivity index (χ2n) is 6.01. The zero-order valence-electron chi connectivity index (χ0n) is 14.1. The van der Waals surface area contributed by atoms with E-state index in [1.54, 1.807) is 55.2 Å². The van der Waals surface area contributed by atoms with Crippen molar-refractivity contribution in [1.29, 1.82) is 0 Å². The van der Waals surface area contributed by atoms with Gasteiger partial charge in [0.1, 0.15) is 0 Å². The zero-order valence-corrected chi connectivity index (χ0v) is 14.1. The molecule has 0 bridgehead atoms. The van der Waals surface area contributed by atoms with E-state index in [2.05, 4.69) is 10.1 Å². The number of benzene rings is 1. The van der Waals surface area contributed by atoms with E-state index in [0.29, 0.717) is 28.4 Å². The van der Waals surface area contributed by atoms with Crippen molar-refractivity contribution in [2.24, 2.45) is 12.1 Å². The van der Waals surface area contributed by atoms with E-state index < -0.39 is 0 Å². The number of anilines is 1. The Balaban J connectivity index is 1.68. The van der Waals surface area contributed by atoms with Crippen LogP contribution >= 0.6 is 0 Å². The van der Waals surface area contributed by atoms with Crippen LogP contribution in [0.4, 0.5) is 5.95 Å². The van der Waals surface area contributed by atoms with Crippen molar-refractivity contribution in [3.8, 4) is 0 Å². The topological polar surface area (TPSA) is 84.6 Å². The number of imidazole rings is 1. The van der Waals surface area contributed by atoms with Gasteiger partial charge < -0.3 is 4.57 Å². The standard InChI is InChI=1S/C19H14N4O3/c1-11-12(18(26)23(21-11)19-20-9-10-22(19)2)7-8-15-16(24)13-5-3-4-6-14(13)17(15)25/h3-10H,1-2H3. The first-order chi connectivity index (χ1) is 12.5. The largest absolute Gasteiger partial charge is 0.319 e. The number of fused-ring (bicyclic) bond motifs is 1. The fraction of sp³-hybridized carbons (Fsp3) is 0.105. The van der Waals surface area contributed by atoms with Gasteiger partial charge in [0.05, 0.1) is 16.9 Å². The minimum Gasteiger partial charge on any atom is -0.319 e. The van der Waals surface area contributed by atoms with Crippen molar-refractivity contribution in [2.75, 3.05) is 5.01 Å². The van der Waals surface area contributed by atoms with E-state index in [4.69, 9.17) is 0 Å². The molecule has 4 rings (SSSR count). The molecule has 7 heteroatoms. The maximum atomic E-state index is 12.6. The Kier molecular flexibility index (Phi) is 3.50. The molecule has 7 nitrogen and oxygen atoms in total. The van der Waals surface area contributed by atoms with E-state index in [0.717, 1.165) is 0 Å². The molecule has 0 radical (unpaired) electrons. The Hall–Kier alpha value is -3.61. The highest BCUT2D eigenvalue weighted by molar-refractivity contribution is 6.39. The molecule has 0 spiro atoms. The Morgan fingerprint density at radius 2 is 1.58 bits per heavy atom. The van der Waals surface area contributed by atoms with Crippen molar-refractivity contribution in [2.45, 2.75) is 6.92 Å². The number of amides is 1. The van der Waals surface area contributed by atoms with Crippen molar-refractivity contribution in [3.05, 3.63) is 71.1 Å². The second kappa shape index (κ2) is 5.73. The summed E-state index contributed by atoms with van der Waals surface area (Å²) in [5.41, 5.74) is 1.64. The van der Waals surface area contributed by atoms with Gasteiger partial charge >= 0.3 is 0 Å². The Morgan fingerprint density at radius 1 is 0.962 bits per heavy atom. The van der Waals surface area contributed by atoms with E-state index in [9.17, 15) is 14.4 Å². The second-order valence-corrected chi connectivity index (χ2v) is 6.01. The van der Waals surface area contributed by atoms with Crippen molar-refractivity contribution < 1.29 is 14.4 Å². The Bertz CT molecular complexity index is 1030. The van der Waals surface area contributed by atoms with Gasteiger partial charge in [-0.2, -0.15) is 10.1 Å². The molecule has 128 valence electrons. The lowest BCUT2D eigenvalue weighted by Gasteiger charge is -2.10.